The van der Waals surface area contributed by atoms with Gasteiger partial charge >= 0.3 is 6.18 Å². The number of nitrogens with zero attached hydrogens (tertiary/aromatic N) is 7. The summed E-state index contributed by atoms with van der Waals surface area (Å²) in [6.07, 6.45) is -3.15. The molecule has 4 heterocycles. The molecule has 36 heavy (non-hydrogen) atoms. The summed E-state index contributed by atoms with van der Waals surface area (Å²) >= 11 is 6.22. The van der Waals surface area contributed by atoms with E-state index in [0.29, 0.717) is 41.3 Å². The highest BCUT2D eigenvalue weighted by Crippen LogP contribution is 2.35. The number of carbonyl (C=O) groups is 1. The van der Waals surface area contributed by atoms with Crippen LogP contribution in [-0.2, 0) is 28.8 Å². The molecule has 0 saturated carbocycles. The maximum atomic E-state index is 13.4. The topological polar surface area (TPSA) is 100 Å². The van der Waals surface area contributed by atoms with Gasteiger partial charge < -0.3 is 19.1 Å². The van der Waals surface area contributed by atoms with E-state index in [0.717, 1.165) is 9.95 Å². The summed E-state index contributed by atoms with van der Waals surface area (Å²) < 4.78 is 46.2. The van der Waals surface area contributed by atoms with Crippen LogP contribution >= 0.6 is 11.6 Å². The fraction of sp³-hybridized carbons (Fsp3) is 0.435. The zero-order valence-corrected chi connectivity index (χ0v) is 19.9. The van der Waals surface area contributed by atoms with Crippen molar-refractivity contribution in [2.45, 2.75) is 31.8 Å². The van der Waals surface area contributed by atoms with Crippen molar-refractivity contribution in [3.05, 3.63) is 46.6 Å². The first-order valence-corrected chi connectivity index (χ1v) is 11.6. The number of anilines is 1. The number of aromatic nitrogens is 4. The van der Waals surface area contributed by atoms with Crippen LogP contribution in [-0.4, -0.2) is 63.4 Å². The van der Waals surface area contributed by atoms with Crippen LogP contribution in [0.2, 0.25) is 5.02 Å². The Morgan fingerprint density at radius 3 is 2.78 bits per heavy atom. The molecule has 3 aromatic rings. The van der Waals surface area contributed by atoms with Crippen molar-refractivity contribution in [1.29, 1.82) is 5.26 Å². The number of hydrogen-bond donors (Lipinski definition) is 0. The van der Waals surface area contributed by atoms with Gasteiger partial charge in [-0.05, 0) is 24.6 Å². The van der Waals surface area contributed by atoms with Crippen LogP contribution in [0, 0.1) is 17.2 Å². The van der Waals surface area contributed by atoms with Crippen molar-refractivity contribution < 1.29 is 22.7 Å². The number of carbonyl (C=O) groups excluding carboxylic acids is 1. The van der Waals surface area contributed by atoms with Gasteiger partial charge in [-0.25, -0.2) is 0 Å². The van der Waals surface area contributed by atoms with E-state index in [2.05, 4.69) is 21.3 Å². The molecule has 1 saturated heterocycles. The predicted octanol–water partition coefficient (Wildman–Crippen LogP) is 3.25. The molecule has 2 aliphatic rings. The van der Waals surface area contributed by atoms with Crippen LogP contribution in [0.3, 0.4) is 0 Å². The number of halogens is 4. The smallest absolute Gasteiger partial charge is 0.379 e. The third-order valence-corrected chi connectivity index (χ3v) is 6.97. The molecule has 5 rings (SSSR count). The van der Waals surface area contributed by atoms with Gasteiger partial charge in [-0.2, -0.15) is 18.4 Å². The van der Waals surface area contributed by atoms with Gasteiger partial charge in [0.1, 0.15) is 6.07 Å². The van der Waals surface area contributed by atoms with Crippen LogP contribution in [0.5, 0.6) is 0 Å². The second kappa shape index (κ2) is 9.22. The molecule has 1 fully saturated rings. The molecule has 9 nitrogen and oxygen atoms in total. The third-order valence-electron chi connectivity index (χ3n) is 6.74. The molecular formula is C23H21ClF3N7O2. The van der Waals surface area contributed by atoms with E-state index in [1.165, 1.54) is 18.2 Å². The Labute approximate surface area is 209 Å². The third kappa shape index (κ3) is 4.22. The van der Waals surface area contributed by atoms with Crippen molar-refractivity contribution >= 4 is 34.1 Å². The molecule has 13 heteroatoms. The minimum absolute atomic E-state index is 0.0330. The monoisotopic (exact) mass is 519 g/mol. The molecule has 1 aromatic carbocycles. The summed E-state index contributed by atoms with van der Waals surface area (Å²) in [5.74, 6) is -1.64. The Balaban J connectivity index is 1.37. The number of methoxy groups -OCH3 is 1. The summed E-state index contributed by atoms with van der Waals surface area (Å²) in [7, 11) is 1.52. The summed E-state index contributed by atoms with van der Waals surface area (Å²) in [5, 5.41) is 17.9. The Bertz CT molecular complexity index is 1370. The minimum Gasteiger partial charge on any atom is -0.379 e. The highest BCUT2D eigenvalue weighted by molar-refractivity contribution is 6.31. The van der Waals surface area contributed by atoms with Crippen LogP contribution < -0.4 is 4.90 Å². The van der Waals surface area contributed by atoms with Crippen LogP contribution in [0.4, 0.5) is 18.9 Å². The number of fused-ring (bicyclic) bond motifs is 2. The molecule has 188 valence electrons. The Hall–Kier alpha value is -3.43. The van der Waals surface area contributed by atoms with Gasteiger partial charge in [0.25, 0.3) is 0 Å². The molecule has 0 bridgehead atoms. The number of nitriles is 1. The molecule has 2 atom stereocenters. The van der Waals surface area contributed by atoms with Crippen LogP contribution in [0.25, 0.3) is 10.9 Å². The highest BCUT2D eigenvalue weighted by Gasteiger charge is 2.42. The second-order valence-corrected chi connectivity index (χ2v) is 9.19. The van der Waals surface area contributed by atoms with E-state index in [-0.39, 0.29) is 31.4 Å². The Kier molecular flexibility index (Phi) is 6.22. The summed E-state index contributed by atoms with van der Waals surface area (Å²) in [4.78, 5) is 21.3. The van der Waals surface area contributed by atoms with Gasteiger partial charge in [-0.15, -0.1) is 10.2 Å². The average molecular weight is 520 g/mol. The van der Waals surface area contributed by atoms with E-state index in [9.17, 15) is 23.2 Å². The van der Waals surface area contributed by atoms with Gasteiger partial charge in [-0.3, -0.25) is 9.78 Å². The summed E-state index contributed by atoms with van der Waals surface area (Å²) in [5.41, 5.74) is 1.76. The molecule has 2 aliphatic heterocycles. The van der Waals surface area contributed by atoms with Crippen LogP contribution in [0.15, 0.2) is 24.4 Å². The van der Waals surface area contributed by atoms with E-state index < -0.39 is 24.0 Å². The first kappa shape index (κ1) is 24.3. The van der Waals surface area contributed by atoms with Gasteiger partial charge in [0.15, 0.2) is 5.82 Å². The number of benzene rings is 1. The number of amides is 1. The lowest BCUT2D eigenvalue weighted by Crippen LogP contribution is -2.52. The van der Waals surface area contributed by atoms with Crippen molar-refractivity contribution in [2.75, 3.05) is 31.6 Å². The number of hydrogen-bond acceptors (Lipinski definition) is 7. The quantitative estimate of drug-likeness (QED) is 0.523. The van der Waals surface area contributed by atoms with Gasteiger partial charge in [-0.1, -0.05) is 11.6 Å². The zero-order valence-electron chi connectivity index (χ0n) is 19.2. The first-order chi connectivity index (χ1) is 17.2. The van der Waals surface area contributed by atoms with Crippen molar-refractivity contribution in [1.82, 2.24) is 24.6 Å². The molecule has 0 spiro atoms. The number of alkyl halides is 3. The number of ether oxygens (including phenoxy) is 1. The maximum Gasteiger partial charge on any atom is 0.451 e. The first-order valence-electron chi connectivity index (χ1n) is 11.3. The van der Waals surface area contributed by atoms with Crippen LogP contribution in [0.1, 0.15) is 23.6 Å². The standard InChI is InChI=1S/C23H21ClF3N7O2/c1-36-18-11-32(20-13(9-28)10-29-17-3-2-14(24)8-16(17)20)5-4-15(18)21(35)33-6-7-34-19(12-33)30-31-22(34)23(25,26)27/h2-3,8,10,15,18H,4-7,11-12H2,1H3/t15-,18-/m0/s1. The summed E-state index contributed by atoms with van der Waals surface area (Å²) in [6.45, 7) is 0.850. The molecule has 0 aliphatic carbocycles. The zero-order chi connectivity index (χ0) is 25.6. The van der Waals surface area contributed by atoms with Gasteiger partial charge in [0.05, 0.1) is 35.3 Å². The number of piperidine rings is 1. The fourth-order valence-corrected chi connectivity index (χ4v) is 5.18. The van der Waals surface area contributed by atoms with E-state index >= 15 is 0 Å². The van der Waals surface area contributed by atoms with E-state index in [1.807, 2.05) is 4.90 Å². The fourth-order valence-electron chi connectivity index (χ4n) is 5.00. The maximum absolute atomic E-state index is 13.4. The van der Waals surface area contributed by atoms with E-state index in [4.69, 9.17) is 16.3 Å². The molecule has 0 N–H and O–H groups in total. The number of rotatable bonds is 3. The summed E-state index contributed by atoms with van der Waals surface area (Å²) in [6, 6.07) is 7.46. The van der Waals surface area contributed by atoms with Crippen molar-refractivity contribution in [3.8, 4) is 6.07 Å². The average Bonchev–Trinajstić information content (AvgIpc) is 3.31. The second-order valence-electron chi connectivity index (χ2n) is 8.76. The lowest BCUT2D eigenvalue weighted by molar-refractivity contribution is -0.148. The number of pyridine rings is 1. The van der Waals surface area contributed by atoms with Crippen molar-refractivity contribution in [2.24, 2.45) is 5.92 Å². The van der Waals surface area contributed by atoms with Crippen molar-refractivity contribution in [3.63, 3.8) is 0 Å². The van der Waals surface area contributed by atoms with E-state index in [1.54, 1.807) is 18.2 Å². The normalized spacial score (nSPS) is 20.3. The van der Waals surface area contributed by atoms with Gasteiger partial charge in [0, 0.05) is 49.9 Å². The molecular weight excluding hydrogens is 499 g/mol. The Morgan fingerprint density at radius 2 is 2.06 bits per heavy atom. The lowest BCUT2D eigenvalue weighted by Gasteiger charge is -2.41. The predicted molar refractivity (Wildman–Crippen MR) is 123 cm³/mol. The van der Waals surface area contributed by atoms with Gasteiger partial charge in [0.2, 0.25) is 11.7 Å². The largest absolute Gasteiger partial charge is 0.451 e. The molecule has 0 radical (unpaired) electrons. The SMILES string of the molecule is CO[C@H]1CN(c2c(C#N)cnc3ccc(Cl)cc23)CC[C@@H]1C(=O)N1CCn2c(nnc2C(F)(F)F)C1. The lowest BCUT2D eigenvalue weighted by atomic mass is 9.91. The molecule has 2 aromatic heterocycles. The highest BCUT2D eigenvalue weighted by atomic mass is 35.5. The molecule has 0 unspecified atom stereocenters. The Morgan fingerprint density at radius 1 is 1.25 bits per heavy atom. The minimum atomic E-state index is -4.60. The molecule has 1 amide bonds.